The quantitative estimate of drug-likeness (QED) is 0.748. The lowest BCUT2D eigenvalue weighted by molar-refractivity contribution is -0.146. The Labute approximate surface area is 135 Å². The van der Waals surface area contributed by atoms with Gasteiger partial charge in [0.1, 0.15) is 5.54 Å². The van der Waals surface area contributed by atoms with Crippen molar-refractivity contribution < 1.29 is 9.90 Å². The molecule has 5 heteroatoms. The molecule has 3 nitrogen and oxygen atoms in total. The molecule has 1 aliphatic rings. The number of likely N-dealkylation sites (N-methyl/N-ethyl adjacent to an activating group) is 1. The summed E-state index contributed by atoms with van der Waals surface area (Å²) in [5.41, 5.74) is 0.551. The van der Waals surface area contributed by atoms with Crippen molar-refractivity contribution in [2.75, 3.05) is 12.8 Å². The lowest BCUT2D eigenvalue weighted by atomic mass is 9.85. The third-order valence-electron chi connectivity index (χ3n) is 4.44. The molecule has 2 rings (SSSR count). The van der Waals surface area contributed by atoms with Gasteiger partial charge in [-0.15, -0.1) is 0 Å². The zero-order valence-electron chi connectivity index (χ0n) is 12.3. The molecule has 0 radical (unpaired) electrons. The molecule has 116 valence electrons. The molecule has 0 aromatic heterocycles. The fraction of sp³-hybridized carbons (Fsp3) is 0.562. The number of carbonyl (C=O) groups is 1. The topological polar surface area (TPSA) is 49.3 Å². The monoisotopic (exact) mass is 327 g/mol. The average molecular weight is 328 g/mol. The maximum atomic E-state index is 11.6. The first-order valence-electron chi connectivity index (χ1n) is 7.33. The minimum atomic E-state index is -0.708. The molecular weight excluding hydrogens is 306 g/mol. The van der Waals surface area contributed by atoms with Gasteiger partial charge in [-0.25, -0.2) is 0 Å². The number of thioether (sulfide) groups is 1. The molecule has 1 aromatic carbocycles. The van der Waals surface area contributed by atoms with E-state index in [2.05, 4.69) is 5.32 Å². The highest BCUT2D eigenvalue weighted by Crippen LogP contribution is 2.38. The smallest absolute Gasteiger partial charge is 0.324 e. The first-order chi connectivity index (χ1) is 10.1. The largest absolute Gasteiger partial charge is 0.480 e. The summed E-state index contributed by atoms with van der Waals surface area (Å²) >= 11 is 7.72. The summed E-state index contributed by atoms with van der Waals surface area (Å²) in [7, 11) is 1.77. The molecule has 0 aliphatic heterocycles. The number of carboxylic acids is 1. The van der Waals surface area contributed by atoms with Crippen molar-refractivity contribution >= 4 is 29.3 Å². The molecule has 21 heavy (non-hydrogen) atoms. The van der Waals surface area contributed by atoms with Crippen molar-refractivity contribution in [3.05, 3.63) is 34.9 Å². The summed E-state index contributed by atoms with van der Waals surface area (Å²) in [6.07, 6.45) is 3.70. The van der Waals surface area contributed by atoms with Gasteiger partial charge in [-0.1, -0.05) is 30.2 Å². The molecule has 0 heterocycles. The third-order valence-corrected chi connectivity index (χ3v) is 5.75. The van der Waals surface area contributed by atoms with Gasteiger partial charge in [-0.3, -0.25) is 4.79 Å². The Morgan fingerprint density at radius 2 is 2.19 bits per heavy atom. The molecule has 1 saturated carbocycles. The van der Waals surface area contributed by atoms with Crippen molar-refractivity contribution in [1.82, 2.24) is 5.32 Å². The van der Waals surface area contributed by atoms with Crippen LogP contribution < -0.4 is 5.32 Å². The van der Waals surface area contributed by atoms with E-state index in [1.807, 2.05) is 36.0 Å². The van der Waals surface area contributed by atoms with Gasteiger partial charge in [-0.2, -0.15) is 11.8 Å². The van der Waals surface area contributed by atoms with Crippen LogP contribution in [-0.4, -0.2) is 29.4 Å². The maximum absolute atomic E-state index is 11.6. The summed E-state index contributed by atoms with van der Waals surface area (Å²) in [6, 6.07) is 7.90. The number of rotatable bonds is 7. The highest BCUT2D eigenvalue weighted by Gasteiger charge is 2.47. The van der Waals surface area contributed by atoms with Gasteiger partial charge in [0.05, 0.1) is 0 Å². The SMILES string of the molecule is CNC1(C(=O)O)CCCC1CCSCc1ccc(Cl)cc1. The number of halogens is 1. The summed E-state index contributed by atoms with van der Waals surface area (Å²) in [4.78, 5) is 11.6. The number of carboxylic acid groups (broad SMARTS) is 1. The summed E-state index contributed by atoms with van der Waals surface area (Å²) < 4.78 is 0. The van der Waals surface area contributed by atoms with Crippen LogP contribution in [0.5, 0.6) is 0 Å². The third kappa shape index (κ3) is 3.93. The lowest BCUT2D eigenvalue weighted by Crippen LogP contribution is -2.53. The molecule has 0 saturated heterocycles. The number of hydrogen-bond acceptors (Lipinski definition) is 3. The van der Waals surface area contributed by atoms with Gasteiger partial charge >= 0.3 is 5.97 Å². The zero-order chi connectivity index (χ0) is 15.3. The van der Waals surface area contributed by atoms with Crippen molar-refractivity contribution in [2.45, 2.75) is 37.0 Å². The molecule has 0 spiro atoms. The van der Waals surface area contributed by atoms with E-state index in [1.165, 1.54) is 5.56 Å². The van der Waals surface area contributed by atoms with E-state index in [0.29, 0.717) is 0 Å². The fourth-order valence-corrected chi connectivity index (χ4v) is 4.33. The highest BCUT2D eigenvalue weighted by molar-refractivity contribution is 7.98. The Morgan fingerprint density at radius 1 is 1.48 bits per heavy atom. The summed E-state index contributed by atoms with van der Waals surface area (Å²) in [5.74, 6) is 1.47. The fourth-order valence-electron chi connectivity index (χ4n) is 3.18. The van der Waals surface area contributed by atoms with Gasteiger partial charge in [0, 0.05) is 10.8 Å². The van der Waals surface area contributed by atoms with Crippen LogP contribution >= 0.6 is 23.4 Å². The van der Waals surface area contributed by atoms with Gasteiger partial charge in [-0.05, 0) is 55.7 Å². The predicted molar refractivity (Wildman–Crippen MR) is 89.0 cm³/mol. The first-order valence-corrected chi connectivity index (χ1v) is 8.86. The van der Waals surface area contributed by atoms with E-state index < -0.39 is 11.5 Å². The Bertz CT molecular complexity index is 480. The number of nitrogens with one attached hydrogen (secondary N) is 1. The van der Waals surface area contributed by atoms with Crippen LogP contribution in [0.15, 0.2) is 24.3 Å². The maximum Gasteiger partial charge on any atom is 0.324 e. The number of benzene rings is 1. The minimum Gasteiger partial charge on any atom is -0.480 e. The van der Waals surface area contributed by atoms with Crippen LogP contribution in [0.4, 0.5) is 0 Å². The summed E-state index contributed by atoms with van der Waals surface area (Å²) in [6.45, 7) is 0. The molecular formula is C16H22ClNO2S. The van der Waals surface area contributed by atoms with Crippen LogP contribution in [0.2, 0.25) is 5.02 Å². The molecule has 1 fully saturated rings. The van der Waals surface area contributed by atoms with E-state index >= 15 is 0 Å². The van der Waals surface area contributed by atoms with Gasteiger partial charge in [0.2, 0.25) is 0 Å². The Balaban J connectivity index is 1.80. The van der Waals surface area contributed by atoms with Gasteiger partial charge < -0.3 is 10.4 Å². The molecule has 0 bridgehead atoms. The van der Waals surface area contributed by atoms with Crippen LogP contribution in [-0.2, 0) is 10.5 Å². The molecule has 0 amide bonds. The molecule has 2 N–H and O–H groups in total. The Kier molecular flexibility index (Phi) is 5.97. The standard InChI is InChI=1S/C16H22ClNO2S/c1-18-16(15(19)20)9-2-3-13(16)8-10-21-11-12-4-6-14(17)7-5-12/h4-7,13,18H,2-3,8-11H2,1H3,(H,19,20). The second kappa shape index (κ2) is 7.52. The van der Waals surface area contributed by atoms with Gasteiger partial charge in [0.25, 0.3) is 0 Å². The second-order valence-electron chi connectivity index (χ2n) is 5.58. The number of hydrogen-bond donors (Lipinski definition) is 2. The van der Waals surface area contributed by atoms with E-state index in [4.69, 9.17) is 11.6 Å². The molecule has 1 aliphatic carbocycles. The van der Waals surface area contributed by atoms with Crippen LogP contribution in [0.25, 0.3) is 0 Å². The predicted octanol–water partition coefficient (Wildman–Crippen LogP) is 3.81. The van der Waals surface area contributed by atoms with E-state index in [0.717, 1.165) is 42.2 Å². The Hall–Kier alpha value is -0.710. The van der Waals surface area contributed by atoms with E-state index in [-0.39, 0.29) is 5.92 Å². The first kappa shape index (κ1) is 16.7. The van der Waals surface area contributed by atoms with Crippen LogP contribution in [0.1, 0.15) is 31.2 Å². The van der Waals surface area contributed by atoms with E-state index in [9.17, 15) is 9.90 Å². The lowest BCUT2D eigenvalue weighted by Gasteiger charge is -2.31. The summed E-state index contributed by atoms with van der Waals surface area (Å²) in [5, 5.41) is 13.3. The number of aliphatic carboxylic acids is 1. The Morgan fingerprint density at radius 3 is 2.81 bits per heavy atom. The van der Waals surface area contributed by atoms with E-state index in [1.54, 1.807) is 7.05 Å². The molecule has 2 unspecified atom stereocenters. The second-order valence-corrected chi connectivity index (χ2v) is 7.12. The average Bonchev–Trinajstić information content (AvgIpc) is 2.89. The minimum absolute atomic E-state index is 0.234. The van der Waals surface area contributed by atoms with Crippen molar-refractivity contribution in [2.24, 2.45) is 5.92 Å². The normalized spacial score (nSPS) is 25.1. The van der Waals surface area contributed by atoms with Crippen LogP contribution in [0, 0.1) is 5.92 Å². The zero-order valence-corrected chi connectivity index (χ0v) is 13.8. The van der Waals surface area contributed by atoms with Crippen molar-refractivity contribution in [3.8, 4) is 0 Å². The molecule has 2 atom stereocenters. The highest BCUT2D eigenvalue weighted by atomic mass is 35.5. The van der Waals surface area contributed by atoms with Crippen molar-refractivity contribution in [1.29, 1.82) is 0 Å². The van der Waals surface area contributed by atoms with Crippen molar-refractivity contribution in [3.63, 3.8) is 0 Å². The molecule has 1 aromatic rings. The van der Waals surface area contributed by atoms with Gasteiger partial charge in [0.15, 0.2) is 0 Å². The van der Waals surface area contributed by atoms with Crippen LogP contribution in [0.3, 0.4) is 0 Å².